The van der Waals surface area contributed by atoms with Crippen molar-refractivity contribution in [3.63, 3.8) is 0 Å². The van der Waals surface area contributed by atoms with Crippen molar-refractivity contribution in [3.05, 3.63) is 27.7 Å². The van der Waals surface area contributed by atoms with E-state index in [-0.39, 0.29) is 16.6 Å². The van der Waals surface area contributed by atoms with E-state index in [1.165, 1.54) is 7.11 Å². The van der Waals surface area contributed by atoms with Gasteiger partial charge in [-0.05, 0) is 34.8 Å². The van der Waals surface area contributed by atoms with Crippen LogP contribution in [0.1, 0.15) is 24.8 Å². The lowest BCUT2D eigenvalue weighted by atomic mass is 9.91. The van der Waals surface area contributed by atoms with Crippen LogP contribution in [-0.2, 0) is 10.2 Å². The number of ether oxygens (including phenoxy) is 1. The fraction of sp³-hybridized carbons (Fsp3) is 0.417. The minimum atomic E-state index is -0.988. The topological polar surface area (TPSA) is 46.5 Å². The fourth-order valence-electron chi connectivity index (χ4n) is 2.15. The molecule has 0 aromatic heterocycles. The summed E-state index contributed by atoms with van der Waals surface area (Å²) < 4.78 is 32.1. The van der Waals surface area contributed by atoms with E-state index in [0.29, 0.717) is 18.4 Å². The average molecular weight is 321 g/mol. The van der Waals surface area contributed by atoms with E-state index < -0.39 is 23.0 Å². The van der Waals surface area contributed by atoms with Crippen LogP contribution in [0.5, 0.6) is 5.75 Å². The van der Waals surface area contributed by atoms with Gasteiger partial charge in [-0.15, -0.1) is 0 Å². The van der Waals surface area contributed by atoms with Crippen molar-refractivity contribution in [1.29, 1.82) is 0 Å². The minimum Gasteiger partial charge on any atom is -0.493 e. The van der Waals surface area contributed by atoms with Crippen LogP contribution in [0.4, 0.5) is 8.78 Å². The first-order chi connectivity index (χ1) is 8.41. The lowest BCUT2D eigenvalue weighted by Gasteiger charge is -2.18. The van der Waals surface area contributed by atoms with E-state index in [9.17, 15) is 13.6 Å². The van der Waals surface area contributed by atoms with Gasteiger partial charge < -0.3 is 9.84 Å². The molecule has 1 aromatic rings. The molecular formula is C12H11BrF2O3. The van der Waals surface area contributed by atoms with Gasteiger partial charge in [0, 0.05) is 11.0 Å². The van der Waals surface area contributed by atoms with Gasteiger partial charge in [-0.3, -0.25) is 4.79 Å². The molecule has 3 nitrogen and oxygen atoms in total. The molecule has 98 valence electrons. The molecule has 1 saturated carbocycles. The van der Waals surface area contributed by atoms with E-state index in [0.717, 1.165) is 6.07 Å². The number of carboxylic acids is 1. The monoisotopic (exact) mass is 320 g/mol. The van der Waals surface area contributed by atoms with Gasteiger partial charge in [-0.1, -0.05) is 0 Å². The third-order valence-corrected chi connectivity index (χ3v) is 3.96. The van der Waals surface area contributed by atoms with Gasteiger partial charge in [0.2, 0.25) is 0 Å². The Balaban J connectivity index is 2.54. The van der Waals surface area contributed by atoms with Gasteiger partial charge in [-0.25, -0.2) is 8.78 Å². The summed E-state index contributed by atoms with van der Waals surface area (Å²) in [6.07, 6.45) is 1.04. The Kier molecular flexibility index (Phi) is 3.31. The molecular weight excluding hydrogens is 310 g/mol. The fourth-order valence-corrected chi connectivity index (χ4v) is 2.45. The Labute approximate surface area is 111 Å². The van der Waals surface area contributed by atoms with Crippen molar-refractivity contribution in [2.45, 2.75) is 24.7 Å². The molecule has 0 unspecified atom stereocenters. The number of hydrogen-bond donors (Lipinski definition) is 1. The van der Waals surface area contributed by atoms with Crippen molar-refractivity contribution in [2.24, 2.45) is 0 Å². The van der Waals surface area contributed by atoms with Crippen molar-refractivity contribution < 1.29 is 23.4 Å². The third kappa shape index (κ3) is 2.09. The van der Waals surface area contributed by atoms with Crippen LogP contribution in [0, 0.1) is 11.6 Å². The molecule has 1 N–H and O–H groups in total. The summed E-state index contributed by atoms with van der Waals surface area (Å²) in [6, 6.07) is 1.15. The smallest absolute Gasteiger partial charge is 0.304 e. The normalized spacial score (nSPS) is 16.4. The zero-order valence-corrected chi connectivity index (χ0v) is 11.2. The first-order valence-electron chi connectivity index (χ1n) is 5.35. The lowest BCUT2D eigenvalue weighted by Crippen LogP contribution is -2.15. The minimum absolute atomic E-state index is 0.0815. The van der Waals surface area contributed by atoms with Crippen molar-refractivity contribution in [3.8, 4) is 5.75 Å². The molecule has 1 aromatic carbocycles. The van der Waals surface area contributed by atoms with Crippen LogP contribution >= 0.6 is 15.9 Å². The van der Waals surface area contributed by atoms with Crippen molar-refractivity contribution in [1.82, 2.24) is 0 Å². The molecule has 1 fully saturated rings. The van der Waals surface area contributed by atoms with Gasteiger partial charge >= 0.3 is 5.97 Å². The first kappa shape index (κ1) is 13.3. The average Bonchev–Trinajstić information content (AvgIpc) is 3.05. The molecule has 0 amide bonds. The molecule has 1 aliphatic carbocycles. The molecule has 0 spiro atoms. The summed E-state index contributed by atoms with van der Waals surface area (Å²) in [5.74, 6) is -2.65. The van der Waals surface area contributed by atoms with E-state index >= 15 is 0 Å². The van der Waals surface area contributed by atoms with Gasteiger partial charge in [-0.2, -0.15) is 0 Å². The highest BCUT2D eigenvalue weighted by molar-refractivity contribution is 9.10. The predicted octanol–water partition coefficient (Wildman–Crippen LogP) is 3.24. The summed E-state index contributed by atoms with van der Waals surface area (Å²) in [5.41, 5.74) is -0.398. The van der Waals surface area contributed by atoms with E-state index in [1.807, 2.05) is 0 Å². The number of halogens is 3. The Morgan fingerprint density at radius 3 is 2.61 bits per heavy atom. The van der Waals surface area contributed by atoms with Crippen molar-refractivity contribution in [2.75, 3.05) is 7.11 Å². The molecule has 0 aliphatic heterocycles. The maximum atomic E-state index is 13.9. The van der Waals surface area contributed by atoms with E-state index in [1.54, 1.807) is 0 Å². The molecule has 1 aliphatic rings. The highest BCUT2D eigenvalue weighted by Gasteiger charge is 2.48. The Morgan fingerprint density at radius 2 is 2.17 bits per heavy atom. The highest BCUT2D eigenvalue weighted by Crippen LogP contribution is 2.55. The molecule has 0 radical (unpaired) electrons. The highest BCUT2D eigenvalue weighted by atomic mass is 79.9. The van der Waals surface area contributed by atoms with Gasteiger partial charge in [0.25, 0.3) is 0 Å². The van der Waals surface area contributed by atoms with Crippen LogP contribution in [0.25, 0.3) is 0 Å². The molecule has 2 rings (SSSR count). The second kappa shape index (κ2) is 4.50. The summed E-state index contributed by atoms with van der Waals surface area (Å²) in [5, 5.41) is 8.87. The molecule has 0 atom stereocenters. The summed E-state index contributed by atoms with van der Waals surface area (Å²) in [6.45, 7) is 0. The quantitative estimate of drug-likeness (QED) is 0.866. The number of aliphatic carboxylic acids is 1. The van der Waals surface area contributed by atoms with Crippen molar-refractivity contribution >= 4 is 21.9 Å². The number of benzene rings is 1. The zero-order chi connectivity index (χ0) is 13.5. The maximum Gasteiger partial charge on any atom is 0.304 e. The van der Waals surface area contributed by atoms with Crippen LogP contribution < -0.4 is 4.74 Å². The largest absolute Gasteiger partial charge is 0.493 e. The molecule has 0 heterocycles. The summed E-state index contributed by atoms with van der Waals surface area (Å²) >= 11 is 2.80. The molecule has 0 bridgehead atoms. The van der Waals surface area contributed by atoms with Gasteiger partial charge in [0.15, 0.2) is 11.6 Å². The summed E-state index contributed by atoms with van der Waals surface area (Å²) in [4.78, 5) is 10.8. The Hall–Kier alpha value is -1.17. The van der Waals surface area contributed by atoms with Crippen LogP contribution in [0.2, 0.25) is 0 Å². The van der Waals surface area contributed by atoms with Crippen LogP contribution in [0.15, 0.2) is 10.5 Å². The maximum absolute atomic E-state index is 13.9. The SMILES string of the molecule is COc1c(C2(CC(=O)O)CC2)cc(F)c(Br)c1F. The second-order valence-electron chi connectivity index (χ2n) is 4.42. The lowest BCUT2D eigenvalue weighted by molar-refractivity contribution is -0.137. The molecule has 18 heavy (non-hydrogen) atoms. The Bertz CT molecular complexity index is 513. The van der Waals surface area contributed by atoms with E-state index in [4.69, 9.17) is 9.84 Å². The second-order valence-corrected chi connectivity index (χ2v) is 5.21. The number of carboxylic acid groups (broad SMARTS) is 1. The number of methoxy groups -OCH3 is 1. The third-order valence-electron chi connectivity index (χ3n) is 3.24. The molecule has 6 heteroatoms. The number of rotatable bonds is 4. The van der Waals surface area contributed by atoms with Gasteiger partial charge in [0.05, 0.1) is 18.0 Å². The number of carbonyl (C=O) groups is 1. The number of hydrogen-bond acceptors (Lipinski definition) is 2. The summed E-state index contributed by atoms with van der Waals surface area (Å²) in [7, 11) is 1.28. The standard InChI is InChI=1S/C12H11BrF2O3/c1-18-11-6(4-7(14)9(13)10(11)15)12(2-3-12)5-8(16)17/h4H,2-3,5H2,1H3,(H,16,17). The predicted molar refractivity (Wildman–Crippen MR) is 63.8 cm³/mol. The van der Waals surface area contributed by atoms with Crippen LogP contribution in [-0.4, -0.2) is 18.2 Å². The molecule has 0 saturated heterocycles. The van der Waals surface area contributed by atoms with E-state index in [2.05, 4.69) is 15.9 Å². The van der Waals surface area contributed by atoms with Crippen LogP contribution in [0.3, 0.4) is 0 Å². The Morgan fingerprint density at radius 1 is 1.56 bits per heavy atom. The zero-order valence-electron chi connectivity index (χ0n) is 9.60. The first-order valence-corrected chi connectivity index (χ1v) is 6.14. The van der Waals surface area contributed by atoms with Gasteiger partial charge in [0.1, 0.15) is 5.82 Å².